The minimum absolute atomic E-state index is 0. The first-order valence-electron chi connectivity index (χ1n) is 8.81. The molecule has 0 spiro atoms. The normalized spacial score (nSPS) is 24.2. The second-order valence-corrected chi connectivity index (χ2v) is 8.91. The summed E-state index contributed by atoms with van der Waals surface area (Å²) in [4.78, 5) is 27.6. The van der Waals surface area contributed by atoms with Crippen LogP contribution in [0.25, 0.3) is 0 Å². The number of carbonyl (C=O) groups excluding carboxylic acids is 2. The fraction of sp³-hybridized carbons (Fsp3) is 0.529. The van der Waals surface area contributed by atoms with Crippen molar-refractivity contribution in [1.29, 1.82) is 0 Å². The molecule has 0 bridgehead atoms. The molecule has 3 aliphatic rings. The Labute approximate surface area is 164 Å². The van der Waals surface area contributed by atoms with Gasteiger partial charge in [0.25, 0.3) is 11.8 Å². The van der Waals surface area contributed by atoms with E-state index in [9.17, 15) is 18.0 Å². The Bertz CT molecular complexity index is 870. The molecule has 0 saturated carbocycles. The SMILES string of the molecule is CN1C(=O)c2ccc(S(=O)(=O)N3CCC(N4CCNCC4)C3)cc2C1=O.Cl. The second kappa shape index (κ2) is 7.48. The van der Waals surface area contributed by atoms with E-state index in [4.69, 9.17) is 0 Å². The Balaban J connectivity index is 0.00000210. The Kier molecular flexibility index (Phi) is 5.60. The fourth-order valence-corrected chi connectivity index (χ4v) is 5.44. The van der Waals surface area contributed by atoms with Gasteiger partial charge < -0.3 is 5.32 Å². The van der Waals surface area contributed by atoms with Gasteiger partial charge in [-0.25, -0.2) is 8.42 Å². The topological polar surface area (TPSA) is 90.0 Å². The Morgan fingerprint density at radius 3 is 2.41 bits per heavy atom. The van der Waals surface area contributed by atoms with Crippen molar-refractivity contribution >= 4 is 34.2 Å². The molecule has 2 fully saturated rings. The summed E-state index contributed by atoms with van der Waals surface area (Å²) >= 11 is 0. The molecule has 3 heterocycles. The van der Waals surface area contributed by atoms with Crippen LogP contribution in [0.3, 0.4) is 0 Å². The fourth-order valence-electron chi connectivity index (χ4n) is 3.92. The average Bonchev–Trinajstić information content (AvgIpc) is 3.24. The van der Waals surface area contributed by atoms with E-state index in [-0.39, 0.29) is 34.5 Å². The molecule has 1 unspecified atom stereocenters. The molecule has 4 rings (SSSR count). The van der Waals surface area contributed by atoms with Gasteiger partial charge in [-0.15, -0.1) is 12.4 Å². The van der Waals surface area contributed by atoms with Crippen LogP contribution in [0.5, 0.6) is 0 Å². The minimum atomic E-state index is -3.68. The zero-order chi connectivity index (χ0) is 18.5. The Hall–Kier alpha value is -1.52. The molecule has 27 heavy (non-hydrogen) atoms. The van der Waals surface area contributed by atoms with E-state index in [2.05, 4.69) is 10.2 Å². The predicted molar refractivity (Wildman–Crippen MR) is 102 cm³/mol. The van der Waals surface area contributed by atoms with Gasteiger partial charge in [-0.3, -0.25) is 19.4 Å². The molecule has 1 N–H and O–H groups in total. The number of rotatable bonds is 3. The Morgan fingerprint density at radius 1 is 1.04 bits per heavy atom. The average molecular weight is 415 g/mol. The summed E-state index contributed by atoms with van der Waals surface area (Å²) in [5.74, 6) is -0.851. The van der Waals surface area contributed by atoms with E-state index in [0.29, 0.717) is 13.1 Å². The number of imide groups is 1. The predicted octanol–water partition coefficient (Wildman–Crippen LogP) is 0.00240. The van der Waals surface area contributed by atoms with Gasteiger partial charge in [0.2, 0.25) is 10.0 Å². The van der Waals surface area contributed by atoms with Crippen LogP contribution >= 0.6 is 12.4 Å². The van der Waals surface area contributed by atoms with E-state index in [1.165, 1.54) is 29.6 Å². The summed E-state index contributed by atoms with van der Waals surface area (Å²) in [6.07, 6.45) is 0.810. The van der Waals surface area contributed by atoms with Gasteiger partial charge in [-0.05, 0) is 24.6 Å². The maximum absolute atomic E-state index is 13.0. The van der Waals surface area contributed by atoms with E-state index >= 15 is 0 Å². The first kappa shape index (κ1) is 20.2. The lowest BCUT2D eigenvalue weighted by molar-refractivity contribution is 0.0693. The number of amides is 2. The highest BCUT2D eigenvalue weighted by Crippen LogP contribution is 2.28. The van der Waals surface area contributed by atoms with Gasteiger partial charge in [0.05, 0.1) is 16.0 Å². The highest BCUT2D eigenvalue weighted by atomic mass is 35.5. The Morgan fingerprint density at radius 2 is 1.70 bits per heavy atom. The third-order valence-corrected chi connectivity index (χ3v) is 7.35. The number of hydrogen-bond acceptors (Lipinski definition) is 6. The van der Waals surface area contributed by atoms with Gasteiger partial charge in [-0.2, -0.15) is 4.31 Å². The molecule has 0 aliphatic carbocycles. The number of sulfonamides is 1. The van der Waals surface area contributed by atoms with Gasteiger partial charge >= 0.3 is 0 Å². The maximum Gasteiger partial charge on any atom is 0.261 e. The number of piperazine rings is 1. The summed E-state index contributed by atoms with van der Waals surface area (Å²) in [5.41, 5.74) is 0.424. The van der Waals surface area contributed by atoms with Gasteiger partial charge in [0.15, 0.2) is 0 Å². The van der Waals surface area contributed by atoms with Crippen LogP contribution in [-0.4, -0.2) is 86.7 Å². The molecule has 2 amide bonds. The first-order valence-corrected chi connectivity index (χ1v) is 10.2. The van der Waals surface area contributed by atoms with Crippen molar-refractivity contribution in [3.63, 3.8) is 0 Å². The molecule has 1 aromatic carbocycles. The maximum atomic E-state index is 13.0. The molecular weight excluding hydrogens is 392 g/mol. The lowest BCUT2D eigenvalue weighted by atomic mass is 10.1. The van der Waals surface area contributed by atoms with Crippen molar-refractivity contribution in [3.05, 3.63) is 29.3 Å². The molecule has 0 radical (unpaired) electrons. The molecule has 10 heteroatoms. The van der Waals surface area contributed by atoms with E-state index in [1.54, 1.807) is 0 Å². The number of hydrogen-bond donors (Lipinski definition) is 1. The minimum Gasteiger partial charge on any atom is -0.314 e. The number of halogens is 1. The van der Waals surface area contributed by atoms with Crippen molar-refractivity contribution < 1.29 is 18.0 Å². The second-order valence-electron chi connectivity index (χ2n) is 6.97. The highest BCUT2D eigenvalue weighted by molar-refractivity contribution is 7.89. The molecular formula is C17H23ClN4O4S. The monoisotopic (exact) mass is 414 g/mol. The van der Waals surface area contributed by atoms with Crippen molar-refractivity contribution in [2.75, 3.05) is 46.3 Å². The highest BCUT2D eigenvalue weighted by Gasteiger charge is 2.38. The van der Waals surface area contributed by atoms with Gasteiger partial charge in [0.1, 0.15) is 0 Å². The smallest absolute Gasteiger partial charge is 0.261 e. The number of nitrogens with zero attached hydrogens (tertiary/aromatic N) is 3. The van der Waals surface area contributed by atoms with E-state index < -0.39 is 21.8 Å². The lowest BCUT2D eigenvalue weighted by Gasteiger charge is -2.32. The van der Waals surface area contributed by atoms with Crippen molar-refractivity contribution in [2.24, 2.45) is 0 Å². The van der Waals surface area contributed by atoms with Crippen molar-refractivity contribution in [1.82, 2.24) is 19.4 Å². The molecule has 1 aromatic rings. The van der Waals surface area contributed by atoms with Crippen molar-refractivity contribution in [3.8, 4) is 0 Å². The molecule has 8 nitrogen and oxygen atoms in total. The van der Waals surface area contributed by atoms with Gasteiger partial charge in [-0.1, -0.05) is 0 Å². The zero-order valence-corrected chi connectivity index (χ0v) is 16.7. The zero-order valence-electron chi connectivity index (χ0n) is 15.1. The number of benzene rings is 1. The largest absolute Gasteiger partial charge is 0.314 e. The van der Waals surface area contributed by atoms with Crippen LogP contribution in [0, 0.1) is 0 Å². The molecule has 148 valence electrons. The molecule has 2 saturated heterocycles. The van der Waals surface area contributed by atoms with Crippen LogP contribution < -0.4 is 5.32 Å². The summed E-state index contributed by atoms with van der Waals surface area (Å²) < 4.78 is 27.5. The quantitative estimate of drug-likeness (QED) is 0.700. The van der Waals surface area contributed by atoms with E-state index in [0.717, 1.165) is 37.5 Å². The first-order chi connectivity index (χ1) is 12.4. The van der Waals surface area contributed by atoms with Crippen LogP contribution in [0.15, 0.2) is 23.1 Å². The van der Waals surface area contributed by atoms with Crippen LogP contribution in [0.1, 0.15) is 27.1 Å². The standard InChI is InChI=1S/C17H22N4O4S.ClH/c1-19-16(22)14-3-2-13(10-15(14)17(19)23)26(24,25)21-7-4-12(11-21)20-8-5-18-6-9-20;/h2-3,10,12,18H,4-9,11H2,1H3;1H. The third-order valence-electron chi connectivity index (χ3n) is 5.49. The van der Waals surface area contributed by atoms with Crippen LogP contribution in [-0.2, 0) is 10.0 Å². The molecule has 0 aromatic heterocycles. The third kappa shape index (κ3) is 3.38. The number of fused-ring (bicyclic) bond motifs is 1. The van der Waals surface area contributed by atoms with Gasteiger partial charge in [0, 0.05) is 52.4 Å². The molecule has 3 aliphatic heterocycles. The summed E-state index contributed by atoms with van der Waals surface area (Å²) in [5, 5.41) is 3.30. The van der Waals surface area contributed by atoms with Crippen LogP contribution in [0.4, 0.5) is 0 Å². The van der Waals surface area contributed by atoms with Crippen molar-refractivity contribution in [2.45, 2.75) is 17.4 Å². The number of nitrogens with one attached hydrogen (secondary N) is 1. The van der Waals surface area contributed by atoms with E-state index in [1.807, 2.05) is 0 Å². The molecule has 1 atom stereocenters. The summed E-state index contributed by atoms with van der Waals surface area (Å²) in [6, 6.07) is 4.44. The number of carbonyl (C=O) groups is 2. The van der Waals surface area contributed by atoms with Crippen LogP contribution in [0.2, 0.25) is 0 Å². The lowest BCUT2D eigenvalue weighted by Crippen LogP contribution is -2.49. The summed E-state index contributed by atoms with van der Waals surface area (Å²) in [7, 11) is -2.28. The summed E-state index contributed by atoms with van der Waals surface area (Å²) in [6.45, 7) is 4.66.